The minimum atomic E-state index is -1.36. The summed E-state index contributed by atoms with van der Waals surface area (Å²) in [5, 5.41) is 34.6. The van der Waals surface area contributed by atoms with E-state index in [4.69, 9.17) is 19.9 Å². The molecule has 0 saturated carbocycles. The van der Waals surface area contributed by atoms with Crippen molar-refractivity contribution in [2.45, 2.75) is 31.1 Å². The molecule has 1 saturated heterocycles. The van der Waals surface area contributed by atoms with E-state index in [0.29, 0.717) is 23.7 Å². The molecule has 2 aromatic carbocycles. The second kappa shape index (κ2) is 11.0. The Balaban J connectivity index is 1.37. The van der Waals surface area contributed by atoms with Crippen LogP contribution in [-0.2, 0) is 11.3 Å². The number of anilines is 2. The van der Waals surface area contributed by atoms with E-state index in [1.165, 1.54) is 10.9 Å². The van der Waals surface area contributed by atoms with Crippen LogP contribution in [0, 0.1) is 0 Å². The molecular formula is C25H27N7O6. The Bertz CT molecular complexity index is 1430. The van der Waals surface area contributed by atoms with Crippen molar-refractivity contribution in [3.05, 3.63) is 66.0 Å². The standard InChI is InChI=1S/C25H27N7O6/c1-36-17-9-15(7-8-16(17)37-12-14-5-3-2-4-6-14)10-29-31-25-30-19-22(26)27-13-28-23(19)32(25)24-21(35)20(34)18(11-33)38-24/h2-10,13,18,20-21,24,33-35H,11-12H2,1H3,(H,30,31)(H2,26,27,28)/b29-10-/t18-,20+,21-,24+/m0/s1. The van der Waals surface area contributed by atoms with Gasteiger partial charge in [-0.25, -0.2) is 20.4 Å². The van der Waals surface area contributed by atoms with Gasteiger partial charge in [-0.1, -0.05) is 30.3 Å². The quantitative estimate of drug-likeness (QED) is 0.157. The number of nitrogens with one attached hydrogen (secondary N) is 1. The van der Waals surface area contributed by atoms with Gasteiger partial charge >= 0.3 is 0 Å². The predicted octanol–water partition coefficient (Wildman–Crippen LogP) is 1.05. The lowest BCUT2D eigenvalue weighted by Gasteiger charge is -2.18. The number of nitrogen functional groups attached to an aromatic ring is 1. The molecule has 13 heteroatoms. The summed E-state index contributed by atoms with van der Waals surface area (Å²) in [5.41, 5.74) is 11.0. The van der Waals surface area contributed by atoms with Crippen molar-refractivity contribution in [1.29, 1.82) is 0 Å². The van der Waals surface area contributed by atoms with Gasteiger partial charge in [0.05, 0.1) is 19.9 Å². The number of aliphatic hydroxyl groups excluding tert-OH is 3. The number of hydrogen-bond acceptors (Lipinski definition) is 12. The number of benzene rings is 2. The van der Waals surface area contributed by atoms with E-state index in [0.717, 1.165) is 5.56 Å². The summed E-state index contributed by atoms with van der Waals surface area (Å²) in [4.78, 5) is 12.6. The molecule has 0 spiro atoms. The molecule has 0 amide bonds. The second-order valence-electron chi connectivity index (χ2n) is 8.52. The summed E-state index contributed by atoms with van der Waals surface area (Å²) in [7, 11) is 1.55. The molecule has 3 heterocycles. The van der Waals surface area contributed by atoms with Crippen molar-refractivity contribution in [3.63, 3.8) is 0 Å². The van der Waals surface area contributed by atoms with Crippen molar-refractivity contribution in [2.75, 3.05) is 24.9 Å². The number of aliphatic hydroxyl groups is 3. The number of aromatic nitrogens is 4. The highest BCUT2D eigenvalue weighted by molar-refractivity contribution is 5.85. The van der Waals surface area contributed by atoms with E-state index in [1.807, 2.05) is 36.4 Å². The Kier molecular flexibility index (Phi) is 7.33. The van der Waals surface area contributed by atoms with E-state index in [2.05, 4.69) is 25.5 Å². The zero-order valence-corrected chi connectivity index (χ0v) is 20.4. The molecule has 2 aromatic heterocycles. The van der Waals surface area contributed by atoms with E-state index in [1.54, 1.807) is 25.5 Å². The van der Waals surface area contributed by atoms with Crippen LogP contribution < -0.4 is 20.6 Å². The summed E-state index contributed by atoms with van der Waals surface area (Å²) < 4.78 is 18.5. The summed E-state index contributed by atoms with van der Waals surface area (Å²) >= 11 is 0. The maximum Gasteiger partial charge on any atom is 0.228 e. The second-order valence-corrected chi connectivity index (χ2v) is 8.52. The maximum atomic E-state index is 10.6. The Morgan fingerprint density at radius 1 is 1.13 bits per heavy atom. The molecule has 0 bridgehead atoms. The molecule has 4 atom stereocenters. The number of methoxy groups -OCH3 is 1. The number of rotatable bonds is 9. The normalized spacial score (nSPS) is 21.3. The first-order valence-electron chi connectivity index (χ1n) is 11.7. The number of hydrogen-bond donors (Lipinski definition) is 5. The van der Waals surface area contributed by atoms with Crippen molar-refractivity contribution >= 4 is 29.1 Å². The highest BCUT2D eigenvalue weighted by Gasteiger charge is 2.45. The van der Waals surface area contributed by atoms with E-state index in [-0.39, 0.29) is 22.9 Å². The van der Waals surface area contributed by atoms with Gasteiger partial charge < -0.3 is 35.3 Å². The number of fused-ring (bicyclic) bond motifs is 1. The van der Waals surface area contributed by atoms with Crippen LogP contribution in [0.15, 0.2) is 60.0 Å². The molecule has 1 aliphatic rings. The van der Waals surface area contributed by atoms with Crippen LogP contribution in [0.25, 0.3) is 11.2 Å². The Labute approximate surface area is 217 Å². The molecule has 6 N–H and O–H groups in total. The van der Waals surface area contributed by atoms with Gasteiger partial charge in [0.15, 0.2) is 34.7 Å². The maximum absolute atomic E-state index is 10.6. The SMILES string of the molecule is COc1cc(/C=N\Nc2nc3c(N)ncnc3n2[C@@H]2O[C@@H](CO)[C@@H](O)[C@@H]2O)ccc1OCc1ccccc1. The largest absolute Gasteiger partial charge is 0.493 e. The van der Waals surface area contributed by atoms with Crippen molar-refractivity contribution in [3.8, 4) is 11.5 Å². The lowest BCUT2D eigenvalue weighted by Crippen LogP contribution is -2.33. The lowest BCUT2D eigenvalue weighted by atomic mass is 10.1. The Morgan fingerprint density at radius 3 is 2.68 bits per heavy atom. The highest BCUT2D eigenvalue weighted by Crippen LogP contribution is 2.35. The number of hydrazone groups is 1. The van der Waals surface area contributed by atoms with Gasteiger partial charge in [-0.05, 0) is 29.3 Å². The number of nitrogens with zero attached hydrogens (tertiary/aromatic N) is 5. The molecule has 38 heavy (non-hydrogen) atoms. The highest BCUT2D eigenvalue weighted by atomic mass is 16.6. The Hall–Kier alpha value is -4.30. The van der Waals surface area contributed by atoms with Crippen LogP contribution in [0.3, 0.4) is 0 Å². The average molecular weight is 522 g/mol. The third-order valence-corrected chi connectivity index (χ3v) is 6.08. The third-order valence-electron chi connectivity index (χ3n) is 6.08. The van der Waals surface area contributed by atoms with Gasteiger partial charge in [0.1, 0.15) is 31.2 Å². The van der Waals surface area contributed by atoms with Crippen LogP contribution in [-0.4, -0.2) is 73.1 Å². The molecule has 0 unspecified atom stereocenters. The topological polar surface area (TPSA) is 182 Å². The predicted molar refractivity (Wildman–Crippen MR) is 138 cm³/mol. The van der Waals surface area contributed by atoms with Crippen LogP contribution in [0.2, 0.25) is 0 Å². The fourth-order valence-electron chi connectivity index (χ4n) is 4.12. The first-order chi connectivity index (χ1) is 18.5. The third kappa shape index (κ3) is 4.95. The van der Waals surface area contributed by atoms with Gasteiger partial charge in [-0.2, -0.15) is 5.10 Å². The first kappa shape index (κ1) is 25.4. The number of nitrogens with two attached hydrogens (primary N) is 1. The molecule has 1 fully saturated rings. The van der Waals surface area contributed by atoms with Crippen LogP contribution in [0.5, 0.6) is 11.5 Å². The first-order valence-corrected chi connectivity index (χ1v) is 11.7. The molecule has 0 radical (unpaired) electrons. The number of ether oxygens (including phenoxy) is 3. The molecule has 5 rings (SSSR count). The van der Waals surface area contributed by atoms with Gasteiger partial charge in [-0.3, -0.25) is 4.57 Å². The minimum Gasteiger partial charge on any atom is -0.493 e. The number of imidazole rings is 1. The molecular weight excluding hydrogens is 494 g/mol. The van der Waals surface area contributed by atoms with Gasteiger partial charge in [0.25, 0.3) is 0 Å². The average Bonchev–Trinajstić information content (AvgIpc) is 3.45. The molecule has 4 aromatic rings. The molecule has 13 nitrogen and oxygen atoms in total. The summed E-state index contributed by atoms with van der Waals surface area (Å²) in [5.74, 6) is 1.37. The zero-order chi connectivity index (χ0) is 26.6. The van der Waals surface area contributed by atoms with E-state index in [9.17, 15) is 15.3 Å². The van der Waals surface area contributed by atoms with Gasteiger partial charge in [-0.15, -0.1) is 0 Å². The van der Waals surface area contributed by atoms with E-state index >= 15 is 0 Å². The fraction of sp³-hybridized carbons (Fsp3) is 0.280. The minimum absolute atomic E-state index is 0.114. The zero-order valence-electron chi connectivity index (χ0n) is 20.4. The molecule has 0 aliphatic carbocycles. The lowest BCUT2D eigenvalue weighted by molar-refractivity contribution is -0.0501. The molecule has 198 valence electrons. The van der Waals surface area contributed by atoms with Crippen molar-refractivity contribution in [2.24, 2.45) is 5.10 Å². The van der Waals surface area contributed by atoms with Crippen molar-refractivity contribution < 1.29 is 29.5 Å². The fourth-order valence-corrected chi connectivity index (χ4v) is 4.12. The molecule has 1 aliphatic heterocycles. The Morgan fingerprint density at radius 2 is 1.95 bits per heavy atom. The summed E-state index contributed by atoms with van der Waals surface area (Å²) in [6.07, 6.45) is -1.98. The monoisotopic (exact) mass is 521 g/mol. The summed E-state index contributed by atoms with van der Waals surface area (Å²) in [6.45, 7) is -0.0817. The van der Waals surface area contributed by atoms with Gasteiger partial charge in [0.2, 0.25) is 5.95 Å². The van der Waals surface area contributed by atoms with Crippen LogP contribution >= 0.6 is 0 Å². The van der Waals surface area contributed by atoms with Crippen LogP contribution in [0.1, 0.15) is 17.4 Å². The van der Waals surface area contributed by atoms with E-state index < -0.39 is 31.1 Å². The van der Waals surface area contributed by atoms with Crippen LogP contribution in [0.4, 0.5) is 11.8 Å². The van der Waals surface area contributed by atoms with Crippen molar-refractivity contribution in [1.82, 2.24) is 19.5 Å². The summed E-state index contributed by atoms with van der Waals surface area (Å²) in [6, 6.07) is 15.2. The van der Waals surface area contributed by atoms with Gasteiger partial charge in [0, 0.05) is 0 Å². The smallest absolute Gasteiger partial charge is 0.228 e.